The van der Waals surface area contributed by atoms with E-state index in [1.807, 2.05) is 0 Å². The minimum atomic E-state index is -0.262. The molecule has 0 saturated carbocycles. The number of hydrogen-bond donors (Lipinski definition) is 0. The van der Waals surface area contributed by atoms with Gasteiger partial charge < -0.3 is 0 Å². The minimum absolute atomic E-state index is 0.262. The first-order chi connectivity index (χ1) is 7.75. The molecule has 0 radical (unpaired) electrons. The van der Waals surface area contributed by atoms with E-state index in [9.17, 15) is 4.39 Å². The Morgan fingerprint density at radius 2 is 2.06 bits per heavy atom. The van der Waals surface area contributed by atoms with E-state index in [2.05, 4.69) is 27.4 Å². The molecule has 1 aromatic carbocycles. The number of benzene rings is 1. The van der Waals surface area contributed by atoms with Crippen molar-refractivity contribution >= 4 is 0 Å². The summed E-state index contributed by atoms with van der Waals surface area (Å²) in [6.07, 6.45) is 0. The molecule has 0 saturated heterocycles. The number of rotatable bonds is 1. The largest absolute Gasteiger partial charge is 0.218 e. The van der Waals surface area contributed by atoms with Crippen molar-refractivity contribution in [1.29, 1.82) is 0 Å². The predicted octanol–water partition coefficient (Wildman–Crippen LogP) is 1.17. The summed E-state index contributed by atoms with van der Waals surface area (Å²) in [7, 11) is 0. The standard InChI is InChI=1S/C11H9FN4/c1-9-13-14-15-16(9)8-2-3-10-4-6-11(12)7-5-10/h4-7H,8H2,1H3. The highest BCUT2D eigenvalue weighted by molar-refractivity contribution is 5.33. The van der Waals surface area contributed by atoms with Gasteiger partial charge in [-0.1, -0.05) is 11.8 Å². The van der Waals surface area contributed by atoms with Crippen molar-refractivity contribution in [1.82, 2.24) is 20.2 Å². The molecule has 5 heteroatoms. The zero-order valence-electron chi connectivity index (χ0n) is 8.68. The summed E-state index contributed by atoms with van der Waals surface area (Å²) in [6.45, 7) is 2.23. The maximum Gasteiger partial charge on any atom is 0.149 e. The van der Waals surface area contributed by atoms with E-state index in [4.69, 9.17) is 0 Å². The number of aromatic nitrogens is 4. The van der Waals surface area contributed by atoms with Gasteiger partial charge in [-0.3, -0.25) is 0 Å². The Kier molecular flexibility index (Phi) is 2.92. The van der Waals surface area contributed by atoms with Gasteiger partial charge in [-0.25, -0.2) is 9.07 Å². The maximum atomic E-state index is 12.6. The van der Waals surface area contributed by atoms with E-state index < -0.39 is 0 Å². The average molecular weight is 216 g/mol. The van der Waals surface area contributed by atoms with Gasteiger partial charge in [-0.05, 0) is 41.6 Å². The Labute approximate surface area is 92.1 Å². The van der Waals surface area contributed by atoms with E-state index in [1.165, 1.54) is 12.1 Å². The molecule has 1 aromatic heterocycles. The SMILES string of the molecule is Cc1nnnn1CC#Cc1ccc(F)cc1. The summed E-state index contributed by atoms with van der Waals surface area (Å²) in [5.41, 5.74) is 0.770. The van der Waals surface area contributed by atoms with Gasteiger partial charge in [-0.15, -0.1) is 5.10 Å². The lowest BCUT2D eigenvalue weighted by atomic mass is 10.2. The average Bonchev–Trinajstić information content (AvgIpc) is 2.68. The molecule has 2 rings (SSSR count). The summed E-state index contributed by atoms with van der Waals surface area (Å²) in [4.78, 5) is 0. The third-order valence-electron chi connectivity index (χ3n) is 2.02. The first-order valence-corrected chi connectivity index (χ1v) is 4.73. The van der Waals surface area contributed by atoms with Gasteiger partial charge in [0, 0.05) is 5.56 Å². The quantitative estimate of drug-likeness (QED) is 0.672. The molecule has 0 aliphatic carbocycles. The molecule has 0 N–H and O–H groups in total. The van der Waals surface area contributed by atoms with E-state index in [0.717, 1.165) is 5.56 Å². The Morgan fingerprint density at radius 3 is 2.69 bits per heavy atom. The lowest BCUT2D eigenvalue weighted by molar-refractivity contribution is 0.627. The van der Waals surface area contributed by atoms with E-state index in [1.54, 1.807) is 23.7 Å². The van der Waals surface area contributed by atoms with Crippen LogP contribution in [0.5, 0.6) is 0 Å². The minimum Gasteiger partial charge on any atom is -0.218 e. The summed E-state index contributed by atoms with van der Waals surface area (Å²) >= 11 is 0. The van der Waals surface area contributed by atoms with Crippen LogP contribution < -0.4 is 0 Å². The summed E-state index contributed by atoms with van der Waals surface area (Å²) in [6, 6.07) is 6.03. The molecular formula is C11H9FN4. The molecule has 0 spiro atoms. The van der Waals surface area contributed by atoms with Crippen LogP contribution in [0.15, 0.2) is 24.3 Å². The first-order valence-electron chi connectivity index (χ1n) is 4.73. The summed E-state index contributed by atoms with van der Waals surface area (Å²) in [5, 5.41) is 11.0. The number of halogens is 1. The van der Waals surface area contributed by atoms with Crippen LogP contribution in [0.3, 0.4) is 0 Å². The number of tetrazole rings is 1. The molecule has 0 atom stereocenters. The third-order valence-corrected chi connectivity index (χ3v) is 2.02. The van der Waals surface area contributed by atoms with Crippen molar-refractivity contribution in [3.63, 3.8) is 0 Å². The van der Waals surface area contributed by atoms with Gasteiger partial charge in [0.25, 0.3) is 0 Å². The molecule has 2 aromatic rings. The van der Waals surface area contributed by atoms with Gasteiger partial charge >= 0.3 is 0 Å². The van der Waals surface area contributed by atoms with Crippen LogP contribution in [0.4, 0.5) is 4.39 Å². The Morgan fingerprint density at radius 1 is 1.31 bits per heavy atom. The molecule has 0 unspecified atom stereocenters. The molecule has 0 aliphatic heterocycles. The van der Waals surface area contributed by atoms with Gasteiger partial charge in [0.1, 0.15) is 18.2 Å². The summed E-state index contributed by atoms with van der Waals surface area (Å²) < 4.78 is 14.2. The topological polar surface area (TPSA) is 43.6 Å². The van der Waals surface area contributed by atoms with Crippen LogP contribution in [-0.2, 0) is 6.54 Å². The van der Waals surface area contributed by atoms with Gasteiger partial charge in [-0.2, -0.15) is 0 Å². The molecule has 0 bridgehead atoms. The van der Waals surface area contributed by atoms with Crippen LogP contribution in [0.25, 0.3) is 0 Å². The zero-order valence-corrected chi connectivity index (χ0v) is 8.68. The Hall–Kier alpha value is -2.22. The number of nitrogens with zero attached hydrogens (tertiary/aromatic N) is 4. The van der Waals surface area contributed by atoms with Crippen molar-refractivity contribution in [2.45, 2.75) is 13.5 Å². The molecule has 0 fully saturated rings. The fourth-order valence-corrected chi connectivity index (χ4v) is 1.15. The molecule has 1 heterocycles. The normalized spacial score (nSPS) is 9.62. The van der Waals surface area contributed by atoms with Crippen molar-refractivity contribution in [3.05, 3.63) is 41.5 Å². The van der Waals surface area contributed by atoms with Crippen molar-refractivity contribution in [3.8, 4) is 11.8 Å². The molecule has 16 heavy (non-hydrogen) atoms. The molecule has 0 aliphatic rings. The van der Waals surface area contributed by atoms with Gasteiger partial charge in [0.15, 0.2) is 0 Å². The van der Waals surface area contributed by atoms with Gasteiger partial charge in [0.05, 0.1) is 0 Å². The van der Waals surface area contributed by atoms with E-state index in [-0.39, 0.29) is 5.82 Å². The second-order valence-corrected chi connectivity index (χ2v) is 3.19. The van der Waals surface area contributed by atoms with Crippen LogP contribution in [0.1, 0.15) is 11.4 Å². The molecular weight excluding hydrogens is 207 g/mol. The smallest absolute Gasteiger partial charge is 0.149 e. The fraction of sp³-hybridized carbons (Fsp3) is 0.182. The number of hydrogen-bond acceptors (Lipinski definition) is 3. The van der Waals surface area contributed by atoms with Crippen LogP contribution in [0.2, 0.25) is 0 Å². The molecule has 80 valence electrons. The van der Waals surface area contributed by atoms with Crippen LogP contribution in [0, 0.1) is 24.6 Å². The lowest BCUT2D eigenvalue weighted by Crippen LogP contribution is -2.00. The van der Waals surface area contributed by atoms with Crippen LogP contribution >= 0.6 is 0 Å². The summed E-state index contributed by atoms with van der Waals surface area (Å²) in [5.74, 6) is 6.27. The monoisotopic (exact) mass is 216 g/mol. The van der Waals surface area contributed by atoms with Crippen molar-refractivity contribution < 1.29 is 4.39 Å². The second-order valence-electron chi connectivity index (χ2n) is 3.19. The van der Waals surface area contributed by atoms with E-state index >= 15 is 0 Å². The second kappa shape index (κ2) is 4.53. The van der Waals surface area contributed by atoms with Gasteiger partial charge in [0.2, 0.25) is 0 Å². The molecule has 4 nitrogen and oxygen atoms in total. The van der Waals surface area contributed by atoms with Crippen molar-refractivity contribution in [2.24, 2.45) is 0 Å². The fourth-order valence-electron chi connectivity index (χ4n) is 1.15. The molecule has 0 amide bonds. The maximum absolute atomic E-state index is 12.6. The number of aryl methyl sites for hydroxylation is 1. The lowest BCUT2D eigenvalue weighted by Gasteiger charge is -1.92. The highest BCUT2D eigenvalue weighted by Gasteiger charge is 1.95. The van der Waals surface area contributed by atoms with Crippen molar-refractivity contribution in [2.75, 3.05) is 0 Å². The first kappa shape index (κ1) is 10.3. The third kappa shape index (κ3) is 2.42. The Balaban J connectivity index is 2.06. The Bertz CT molecular complexity index is 533. The highest BCUT2D eigenvalue weighted by Crippen LogP contribution is 2.00. The zero-order chi connectivity index (χ0) is 11.4. The van der Waals surface area contributed by atoms with Crippen LogP contribution in [-0.4, -0.2) is 20.2 Å². The highest BCUT2D eigenvalue weighted by atomic mass is 19.1. The van der Waals surface area contributed by atoms with E-state index in [0.29, 0.717) is 12.4 Å². The predicted molar refractivity (Wildman–Crippen MR) is 55.8 cm³/mol.